The van der Waals surface area contributed by atoms with E-state index in [1.54, 1.807) is 0 Å². The summed E-state index contributed by atoms with van der Waals surface area (Å²) < 4.78 is 22.8. The lowest BCUT2D eigenvalue weighted by molar-refractivity contribution is -0.870. The van der Waals surface area contributed by atoms with Crippen LogP contribution in [-0.2, 0) is 33.3 Å². The van der Waals surface area contributed by atoms with Crippen molar-refractivity contribution in [2.45, 2.75) is 296 Å². The number of carboxylic acid groups (broad SMARTS) is 1. The van der Waals surface area contributed by atoms with Crippen molar-refractivity contribution in [2.24, 2.45) is 0 Å². The average Bonchev–Trinajstić information content (AvgIpc) is 3.59. The van der Waals surface area contributed by atoms with Gasteiger partial charge in [-0.05, 0) is 116 Å². The van der Waals surface area contributed by atoms with Crippen LogP contribution in [0.5, 0.6) is 0 Å². The fourth-order valence-electron chi connectivity index (χ4n) is 9.50. The molecule has 0 aromatic rings. The van der Waals surface area contributed by atoms with Crippen LogP contribution in [0.25, 0.3) is 0 Å². The molecule has 2 unspecified atom stereocenters. The molecule has 0 rings (SSSR count). The standard InChI is InChI=1S/C78H131NO8/c1-6-8-10-12-14-16-18-20-22-24-26-28-29-30-31-32-33-34-35-36-37-38-39-40-41-42-43-44-45-46-47-49-51-53-55-57-59-61-63-65-67-69-76(81)87-74(73-86-78(77(82)83)84-71-70-79(3,4)5)72-85-75(80)68-66-64-62-60-58-56-54-52-50-48-27-25-23-21-19-17-15-13-11-9-7-2/h8,10,14,16,19-22,25-28,30-31,33-34,36-37,39-40,50,52,74,78H,6-7,9,11-13,15,17-18,23-24,29,32,35,38,41-49,51,53-73H2,1-5H3/b10-8-,16-14-,21-19-,22-20-,27-25-,28-26-,31-30-,34-33-,37-36-,40-39-,52-50-. The molecule has 0 aromatic heterocycles. The smallest absolute Gasteiger partial charge is 0.306 e. The maximum absolute atomic E-state index is 12.9. The van der Waals surface area contributed by atoms with E-state index < -0.39 is 24.3 Å². The number of hydrogen-bond donors (Lipinski definition) is 0. The molecule has 0 bridgehead atoms. The Morgan fingerprint density at radius 2 is 0.655 bits per heavy atom. The lowest BCUT2D eigenvalue weighted by Crippen LogP contribution is -2.44. The zero-order chi connectivity index (χ0) is 63.3. The quantitative estimate of drug-likeness (QED) is 0.0195. The highest BCUT2D eigenvalue weighted by Gasteiger charge is 2.22. The molecule has 0 aromatic carbocycles. The number of allylic oxidation sites excluding steroid dienone is 22. The number of likely N-dealkylation sites (N-methyl/N-ethyl adjacent to an activating group) is 1. The lowest BCUT2D eigenvalue weighted by Gasteiger charge is -2.26. The van der Waals surface area contributed by atoms with Gasteiger partial charge in [-0.3, -0.25) is 9.59 Å². The molecular formula is C78H131NO8. The molecule has 0 fully saturated rings. The van der Waals surface area contributed by atoms with Gasteiger partial charge < -0.3 is 33.3 Å². The van der Waals surface area contributed by atoms with Crippen molar-refractivity contribution in [2.75, 3.05) is 47.5 Å². The first kappa shape index (κ1) is 82.4. The summed E-state index contributed by atoms with van der Waals surface area (Å²) in [5.41, 5.74) is 0. The van der Waals surface area contributed by atoms with Crippen molar-refractivity contribution >= 4 is 17.9 Å². The number of carbonyl (C=O) groups excluding carboxylic acids is 3. The molecule has 0 radical (unpaired) electrons. The maximum Gasteiger partial charge on any atom is 0.306 e. The van der Waals surface area contributed by atoms with E-state index in [1.165, 1.54) is 135 Å². The van der Waals surface area contributed by atoms with E-state index in [9.17, 15) is 19.5 Å². The summed E-state index contributed by atoms with van der Waals surface area (Å²) in [5, 5.41) is 11.8. The van der Waals surface area contributed by atoms with Gasteiger partial charge in [-0.15, -0.1) is 0 Å². The van der Waals surface area contributed by atoms with Crippen LogP contribution in [0.15, 0.2) is 134 Å². The van der Waals surface area contributed by atoms with Gasteiger partial charge >= 0.3 is 11.9 Å². The molecule has 9 nitrogen and oxygen atoms in total. The van der Waals surface area contributed by atoms with Gasteiger partial charge in [0.2, 0.25) is 0 Å². The molecule has 0 N–H and O–H groups in total. The summed E-state index contributed by atoms with van der Waals surface area (Å²) >= 11 is 0. The summed E-state index contributed by atoms with van der Waals surface area (Å²) in [5.74, 6) is -2.30. The van der Waals surface area contributed by atoms with Gasteiger partial charge in [-0.25, -0.2) is 0 Å². The summed E-state index contributed by atoms with van der Waals surface area (Å²) in [6, 6.07) is 0. The average molecular weight is 1210 g/mol. The number of quaternary nitrogens is 1. The van der Waals surface area contributed by atoms with Crippen LogP contribution in [0.2, 0.25) is 0 Å². The molecule has 2 atom stereocenters. The van der Waals surface area contributed by atoms with Crippen LogP contribution < -0.4 is 5.11 Å². The number of nitrogens with zero attached hydrogens (tertiary/aromatic N) is 1. The molecule has 0 amide bonds. The Kier molecular flexibility index (Phi) is 63.8. The Labute approximate surface area is 535 Å². The Balaban J connectivity index is 4.09. The van der Waals surface area contributed by atoms with Crippen molar-refractivity contribution in [1.29, 1.82) is 0 Å². The topological polar surface area (TPSA) is 111 Å². The molecule has 0 aliphatic heterocycles. The molecule has 0 spiro atoms. The van der Waals surface area contributed by atoms with Crippen LogP contribution in [0.1, 0.15) is 284 Å². The summed E-state index contributed by atoms with van der Waals surface area (Å²) in [6.07, 6.45) is 93.9. The molecule has 9 heteroatoms. The highest BCUT2D eigenvalue weighted by atomic mass is 16.7. The molecule has 0 heterocycles. The van der Waals surface area contributed by atoms with E-state index in [4.69, 9.17) is 18.9 Å². The molecule has 0 saturated carbocycles. The molecule has 87 heavy (non-hydrogen) atoms. The maximum atomic E-state index is 12.9. The Morgan fingerprint density at radius 1 is 0.356 bits per heavy atom. The van der Waals surface area contributed by atoms with Crippen molar-refractivity contribution in [3.05, 3.63) is 134 Å². The van der Waals surface area contributed by atoms with Crippen molar-refractivity contribution < 1.29 is 42.9 Å². The van der Waals surface area contributed by atoms with Crippen molar-refractivity contribution in [3.63, 3.8) is 0 Å². The third kappa shape index (κ3) is 68.8. The second-order valence-corrected chi connectivity index (χ2v) is 24.4. The first-order valence-corrected chi connectivity index (χ1v) is 35.3. The Hall–Kier alpha value is -4.57. The van der Waals surface area contributed by atoms with E-state index in [0.717, 1.165) is 116 Å². The largest absolute Gasteiger partial charge is 0.545 e. The Bertz CT molecular complexity index is 1890. The van der Waals surface area contributed by atoms with E-state index >= 15 is 0 Å². The third-order valence-electron chi connectivity index (χ3n) is 14.9. The first-order valence-electron chi connectivity index (χ1n) is 35.3. The second-order valence-electron chi connectivity index (χ2n) is 24.4. The lowest BCUT2D eigenvalue weighted by atomic mass is 10.0. The zero-order valence-electron chi connectivity index (χ0n) is 56.6. The first-order chi connectivity index (χ1) is 42.6. The van der Waals surface area contributed by atoms with Gasteiger partial charge in [-0.2, -0.15) is 0 Å². The molecule has 0 aliphatic carbocycles. The van der Waals surface area contributed by atoms with Crippen LogP contribution >= 0.6 is 0 Å². The molecule has 0 saturated heterocycles. The predicted molar refractivity (Wildman–Crippen MR) is 370 cm³/mol. The van der Waals surface area contributed by atoms with E-state index in [0.29, 0.717) is 17.4 Å². The van der Waals surface area contributed by atoms with Gasteiger partial charge in [0.15, 0.2) is 12.4 Å². The van der Waals surface area contributed by atoms with Gasteiger partial charge in [0, 0.05) is 12.8 Å². The zero-order valence-corrected chi connectivity index (χ0v) is 56.6. The highest BCUT2D eigenvalue weighted by Crippen LogP contribution is 2.16. The molecular weight excluding hydrogens is 1080 g/mol. The Morgan fingerprint density at radius 3 is 0.977 bits per heavy atom. The minimum atomic E-state index is -1.63. The summed E-state index contributed by atoms with van der Waals surface area (Å²) in [6.45, 7) is 4.61. The minimum Gasteiger partial charge on any atom is -0.545 e. The number of ether oxygens (including phenoxy) is 4. The number of aliphatic carboxylic acids is 1. The summed E-state index contributed by atoms with van der Waals surface area (Å²) in [7, 11) is 5.92. The van der Waals surface area contributed by atoms with E-state index in [2.05, 4.69) is 148 Å². The molecule has 0 aliphatic rings. The van der Waals surface area contributed by atoms with Crippen molar-refractivity contribution in [1.82, 2.24) is 0 Å². The monoisotopic (exact) mass is 1210 g/mol. The summed E-state index contributed by atoms with van der Waals surface area (Å²) in [4.78, 5) is 37.5. The van der Waals surface area contributed by atoms with Crippen LogP contribution in [0.4, 0.5) is 0 Å². The number of unbranched alkanes of at least 4 members (excludes halogenated alkanes) is 27. The normalized spacial score (nSPS) is 13.5. The highest BCUT2D eigenvalue weighted by molar-refractivity contribution is 5.70. The SMILES string of the molecule is CC/C=C\C/C=C\C/C=C\C/C=C\C/C=C\C/C=C\C/C=C\C/C=C\CCCCCCCCCCCCCCCCCCC(=O)OC(COC(=O)CCCCCCCC/C=C\C/C=C\C/C=C\CCCCCCC)COC(OCC[N+](C)(C)C)C(=O)[O-]. The number of esters is 2. The van der Waals surface area contributed by atoms with Crippen molar-refractivity contribution in [3.8, 4) is 0 Å². The molecule has 496 valence electrons. The van der Waals surface area contributed by atoms with E-state index in [-0.39, 0.29) is 38.6 Å². The van der Waals surface area contributed by atoms with Crippen LogP contribution in [0.3, 0.4) is 0 Å². The third-order valence-corrected chi connectivity index (χ3v) is 14.9. The van der Waals surface area contributed by atoms with Gasteiger partial charge in [0.1, 0.15) is 13.2 Å². The van der Waals surface area contributed by atoms with Gasteiger partial charge in [0.25, 0.3) is 0 Å². The fourth-order valence-corrected chi connectivity index (χ4v) is 9.50. The second kappa shape index (κ2) is 67.4. The predicted octanol–water partition coefficient (Wildman–Crippen LogP) is 20.8. The minimum absolute atomic E-state index is 0.141. The van der Waals surface area contributed by atoms with Crippen LogP contribution in [0, 0.1) is 0 Å². The van der Waals surface area contributed by atoms with Gasteiger partial charge in [-0.1, -0.05) is 289 Å². The van der Waals surface area contributed by atoms with E-state index in [1.807, 2.05) is 21.1 Å². The number of carbonyl (C=O) groups is 3. The fraction of sp³-hybridized carbons (Fsp3) is 0.679. The van der Waals surface area contributed by atoms with Crippen LogP contribution in [-0.4, -0.2) is 82.3 Å². The number of rotatable bonds is 64. The van der Waals surface area contributed by atoms with Gasteiger partial charge in [0.05, 0.1) is 40.3 Å². The number of hydrogen-bond acceptors (Lipinski definition) is 8. The number of carboxylic acids is 1.